The van der Waals surface area contributed by atoms with Gasteiger partial charge in [-0.1, -0.05) is 30.0 Å². The summed E-state index contributed by atoms with van der Waals surface area (Å²) in [5, 5.41) is 14.6. The van der Waals surface area contributed by atoms with Crippen molar-refractivity contribution < 1.29 is 9.59 Å². The highest BCUT2D eigenvalue weighted by Gasteiger charge is 2.17. The van der Waals surface area contributed by atoms with Crippen molar-refractivity contribution in [2.24, 2.45) is 0 Å². The van der Waals surface area contributed by atoms with E-state index in [0.717, 1.165) is 22.4 Å². The van der Waals surface area contributed by atoms with Crippen molar-refractivity contribution in [3.05, 3.63) is 29.8 Å². The largest absolute Gasteiger partial charge is 0.360 e. The number of nitrogens with zero attached hydrogens (tertiary/aromatic N) is 2. The van der Waals surface area contributed by atoms with Crippen molar-refractivity contribution in [1.82, 2.24) is 10.2 Å². The van der Waals surface area contributed by atoms with Crippen molar-refractivity contribution in [3.8, 4) is 0 Å². The summed E-state index contributed by atoms with van der Waals surface area (Å²) < 4.78 is 0.753. The highest BCUT2D eigenvalue weighted by atomic mass is 32.2. The Kier molecular flexibility index (Phi) is 6.74. The van der Waals surface area contributed by atoms with E-state index in [-0.39, 0.29) is 16.9 Å². The Morgan fingerprint density at radius 1 is 1.25 bits per heavy atom. The number of aromatic nitrogens is 2. The number of nitrogens with one attached hydrogen (secondary N) is 2. The second-order valence-electron chi connectivity index (χ2n) is 5.18. The van der Waals surface area contributed by atoms with Gasteiger partial charge < -0.3 is 10.6 Å². The van der Waals surface area contributed by atoms with E-state index in [9.17, 15) is 9.59 Å². The van der Waals surface area contributed by atoms with Gasteiger partial charge in [-0.2, -0.15) is 0 Å². The second-order valence-corrected chi connectivity index (χ2v) is 7.75. The summed E-state index contributed by atoms with van der Waals surface area (Å²) in [4.78, 5) is 23.5. The molecule has 1 heterocycles. The normalized spacial score (nSPS) is 11.8. The summed E-state index contributed by atoms with van der Waals surface area (Å²) in [5.74, 6) is -0.116. The molecule has 2 aromatic rings. The summed E-state index contributed by atoms with van der Waals surface area (Å²) in [7, 11) is 0. The highest BCUT2D eigenvalue weighted by molar-refractivity contribution is 8.02. The van der Waals surface area contributed by atoms with Crippen LogP contribution in [0.1, 0.15) is 37.6 Å². The molecule has 1 amide bonds. The van der Waals surface area contributed by atoms with Crippen molar-refractivity contribution in [1.29, 1.82) is 0 Å². The fourth-order valence-corrected chi connectivity index (χ4v) is 3.72. The maximum Gasteiger partial charge on any atom is 0.237 e. The summed E-state index contributed by atoms with van der Waals surface area (Å²) in [6, 6.07) is 6.85. The van der Waals surface area contributed by atoms with Gasteiger partial charge in [-0.15, -0.1) is 10.2 Å². The molecule has 0 aliphatic carbocycles. The lowest BCUT2D eigenvalue weighted by Crippen LogP contribution is -2.22. The van der Waals surface area contributed by atoms with Crippen molar-refractivity contribution in [2.45, 2.75) is 36.8 Å². The van der Waals surface area contributed by atoms with Crippen LogP contribution in [0.3, 0.4) is 0 Å². The molecule has 0 aliphatic rings. The highest BCUT2D eigenvalue weighted by Crippen LogP contribution is 2.29. The van der Waals surface area contributed by atoms with Crippen LogP contribution >= 0.6 is 23.1 Å². The molecular formula is C16H20N4O2S2. The first-order chi connectivity index (χ1) is 11.5. The Morgan fingerprint density at radius 3 is 2.58 bits per heavy atom. The zero-order valence-corrected chi connectivity index (χ0v) is 15.5. The molecule has 128 valence electrons. The minimum atomic E-state index is -0.301. The van der Waals surface area contributed by atoms with Gasteiger partial charge in [0.15, 0.2) is 10.1 Å². The van der Waals surface area contributed by atoms with Gasteiger partial charge in [0.2, 0.25) is 11.0 Å². The molecule has 0 saturated heterocycles. The third-order valence-electron chi connectivity index (χ3n) is 3.14. The summed E-state index contributed by atoms with van der Waals surface area (Å²) in [5.41, 5.74) is 1.29. The van der Waals surface area contributed by atoms with Gasteiger partial charge >= 0.3 is 0 Å². The lowest BCUT2D eigenvalue weighted by molar-refractivity contribution is -0.115. The summed E-state index contributed by atoms with van der Waals surface area (Å²) >= 11 is 2.81. The van der Waals surface area contributed by atoms with Crippen LogP contribution in [0.5, 0.6) is 0 Å². The number of rotatable bonds is 8. The molecule has 1 aromatic heterocycles. The Balaban J connectivity index is 1.89. The van der Waals surface area contributed by atoms with E-state index < -0.39 is 0 Å². The molecule has 0 saturated carbocycles. The van der Waals surface area contributed by atoms with Crippen LogP contribution in [0.25, 0.3) is 0 Å². The Labute approximate surface area is 149 Å². The number of benzene rings is 1. The number of carbonyl (C=O) groups is 2. The number of Topliss-reactive ketones (excluding diaryl/α,β-unsaturated/α-hetero) is 1. The third-order valence-corrected chi connectivity index (χ3v) is 5.20. The standard InChI is InChI=1S/C16H20N4O2S2/c1-4-9-17-15-19-20-16(24-15)23-11(3)14(22)18-13-7-5-12(6-8-13)10(2)21/h5-8,11H,4,9H2,1-3H3,(H,17,19)(H,18,22)/t11-/m1/s1. The van der Waals surface area contributed by atoms with E-state index in [4.69, 9.17) is 0 Å². The van der Waals surface area contributed by atoms with Crippen molar-refractivity contribution >= 4 is 45.6 Å². The van der Waals surface area contributed by atoms with Gasteiger partial charge in [-0.05, 0) is 44.5 Å². The average molecular weight is 364 g/mol. The number of anilines is 2. The average Bonchev–Trinajstić information content (AvgIpc) is 3.00. The van der Waals surface area contributed by atoms with Gasteiger partial charge in [0.05, 0.1) is 5.25 Å². The SMILES string of the molecule is CCCNc1nnc(S[C@H](C)C(=O)Nc2ccc(C(C)=O)cc2)s1. The molecule has 0 radical (unpaired) electrons. The second kappa shape index (κ2) is 8.79. The van der Waals surface area contributed by atoms with E-state index in [0.29, 0.717) is 11.3 Å². The maximum absolute atomic E-state index is 12.3. The van der Waals surface area contributed by atoms with E-state index in [1.54, 1.807) is 24.3 Å². The quantitative estimate of drug-likeness (QED) is 0.549. The molecule has 0 fully saturated rings. The predicted molar refractivity (Wildman–Crippen MR) is 99.1 cm³/mol. The number of ketones is 1. The molecule has 2 rings (SSSR count). The van der Waals surface area contributed by atoms with Gasteiger partial charge in [0.1, 0.15) is 0 Å². The molecule has 1 aromatic carbocycles. The molecule has 1 atom stereocenters. The Morgan fingerprint density at radius 2 is 1.96 bits per heavy atom. The van der Waals surface area contributed by atoms with Gasteiger partial charge in [0, 0.05) is 17.8 Å². The van der Waals surface area contributed by atoms with Crippen LogP contribution in [-0.4, -0.2) is 33.7 Å². The number of carbonyl (C=O) groups excluding carboxylic acids is 2. The molecule has 8 heteroatoms. The molecule has 24 heavy (non-hydrogen) atoms. The Hall–Kier alpha value is -1.93. The number of hydrogen-bond donors (Lipinski definition) is 2. The lowest BCUT2D eigenvalue weighted by atomic mass is 10.1. The van der Waals surface area contributed by atoms with Crippen LogP contribution in [0.15, 0.2) is 28.6 Å². The zero-order chi connectivity index (χ0) is 17.5. The smallest absolute Gasteiger partial charge is 0.237 e. The van der Waals surface area contributed by atoms with Crippen LogP contribution in [0, 0.1) is 0 Å². The number of thioether (sulfide) groups is 1. The Bertz CT molecular complexity index is 700. The fraction of sp³-hybridized carbons (Fsp3) is 0.375. The topological polar surface area (TPSA) is 84.0 Å². The first-order valence-corrected chi connectivity index (χ1v) is 9.35. The summed E-state index contributed by atoms with van der Waals surface area (Å²) in [6.45, 7) is 6.27. The molecule has 0 unspecified atom stereocenters. The van der Waals surface area contributed by atoms with Crippen LogP contribution in [0.2, 0.25) is 0 Å². The lowest BCUT2D eigenvalue weighted by Gasteiger charge is -2.10. The minimum Gasteiger partial charge on any atom is -0.360 e. The molecule has 0 spiro atoms. The zero-order valence-electron chi connectivity index (χ0n) is 13.8. The monoisotopic (exact) mass is 364 g/mol. The van der Waals surface area contributed by atoms with Crippen LogP contribution in [0.4, 0.5) is 10.8 Å². The number of hydrogen-bond acceptors (Lipinski definition) is 7. The van der Waals surface area contributed by atoms with E-state index >= 15 is 0 Å². The van der Waals surface area contributed by atoms with Gasteiger partial charge in [-0.3, -0.25) is 9.59 Å². The molecule has 0 bridgehead atoms. The van der Waals surface area contributed by atoms with E-state index in [2.05, 4.69) is 27.8 Å². The van der Waals surface area contributed by atoms with E-state index in [1.165, 1.54) is 30.0 Å². The van der Waals surface area contributed by atoms with Crippen LogP contribution < -0.4 is 10.6 Å². The predicted octanol–water partition coefficient (Wildman–Crippen LogP) is 3.68. The molecule has 2 N–H and O–H groups in total. The van der Waals surface area contributed by atoms with Gasteiger partial charge in [0.25, 0.3) is 0 Å². The van der Waals surface area contributed by atoms with Crippen LogP contribution in [-0.2, 0) is 4.79 Å². The van der Waals surface area contributed by atoms with Crippen molar-refractivity contribution in [3.63, 3.8) is 0 Å². The minimum absolute atomic E-state index is 0.000515. The van der Waals surface area contributed by atoms with Gasteiger partial charge in [-0.25, -0.2) is 0 Å². The third kappa shape index (κ3) is 5.31. The molecule has 0 aliphatic heterocycles. The van der Waals surface area contributed by atoms with Crippen molar-refractivity contribution in [2.75, 3.05) is 17.2 Å². The maximum atomic E-state index is 12.3. The molecular weight excluding hydrogens is 344 g/mol. The molecule has 6 nitrogen and oxygen atoms in total. The van der Waals surface area contributed by atoms with E-state index in [1.807, 2.05) is 6.92 Å². The first kappa shape index (κ1) is 18.4. The fourth-order valence-electron chi connectivity index (χ4n) is 1.80. The summed E-state index contributed by atoms with van der Waals surface area (Å²) in [6.07, 6.45) is 1.02. The first-order valence-electron chi connectivity index (χ1n) is 7.65. The number of amides is 1.